The summed E-state index contributed by atoms with van der Waals surface area (Å²) in [4.78, 5) is 1.95. The normalized spacial score (nSPS) is 12.2. The van der Waals surface area contributed by atoms with Crippen molar-refractivity contribution < 1.29 is 4.43 Å². The van der Waals surface area contributed by atoms with E-state index >= 15 is 0 Å². The lowest BCUT2D eigenvalue weighted by Gasteiger charge is -2.43. The number of benzene rings is 4. The van der Waals surface area contributed by atoms with Crippen molar-refractivity contribution in [3.8, 4) is 0 Å². The molecule has 0 saturated carbocycles. The third kappa shape index (κ3) is 7.58. The van der Waals surface area contributed by atoms with Gasteiger partial charge >= 0.3 is 0 Å². The molecule has 0 atom stereocenters. The number of thioether (sulfide) groups is 1. The molecule has 0 fully saturated rings. The third-order valence-electron chi connectivity index (χ3n) is 6.73. The molecule has 0 aliphatic carbocycles. The number of hydrogen-bond acceptors (Lipinski definition) is 3. The molecule has 4 rings (SSSR count). The van der Waals surface area contributed by atoms with Crippen molar-refractivity contribution in [1.29, 1.82) is 0 Å². The van der Waals surface area contributed by atoms with E-state index in [2.05, 4.69) is 116 Å². The second-order valence-corrected chi connectivity index (χ2v) is 16.2. The van der Waals surface area contributed by atoms with Gasteiger partial charge in [-0.3, -0.25) is 0 Å². The second-order valence-electron chi connectivity index (χ2n) is 10.5. The first-order valence-corrected chi connectivity index (χ1v) is 16.6. The molecule has 0 unspecified atom stereocenters. The molecule has 200 valence electrons. The summed E-state index contributed by atoms with van der Waals surface area (Å²) >= 11 is 7.59. The summed E-state index contributed by atoms with van der Waals surface area (Å²) in [6, 6.07) is 42.2. The van der Waals surface area contributed by atoms with Crippen molar-refractivity contribution in [3.63, 3.8) is 0 Å². The van der Waals surface area contributed by atoms with Crippen molar-refractivity contribution in [1.82, 2.24) is 0 Å². The van der Waals surface area contributed by atoms with Crippen LogP contribution in [-0.2, 0) is 4.43 Å². The fourth-order valence-electron chi connectivity index (χ4n) is 4.85. The van der Waals surface area contributed by atoms with E-state index < -0.39 is 8.32 Å². The van der Waals surface area contributed by atoms with Gasteiger partial charge < -0.3 is 9.74 Å². The van der Waals surface area contributed by atoms with Crippen LogP contribution in [0.5, 0.6) is 0 Å². The van der Waals surface area contributed by atoms with Crippen molar-refractivity contribution in [2.75, 3.05) is 11.9 Å². The molecule has 0 heterocycles. The van der Waals surface area contributed by atoms with Gasteiger partial charge in [-0.05, 0) is 63.5 Å². The molecule has 1 N–H and O–H groups in total. The predicted octanol–water partition coefficient (Wildman–Crippen LogP) is 8.46. The first-order chi connectivity index (χ1) is 18.9. The van der Waals surface area contributed by atoms with Gasteiger partial charge in [-0.15, -0.1) is 0 Å². The summed E-state index contributed by atoms with van der Waals surface area (Å²) in [5, 5.41) is 8.19. The van der Waals surface area contributed by atoms with Crippen molar-refractivity contribution >= 4 is 53.3 Å². The van der Waals surface area contributed by atoms with Gasteiger partial charge in [-0.25, -0.2) is 0 Å². The Morgan fingerprint density at radius 2 is 1.26 bits per heavy atom. The minimum absolute atomic E-state index is 0.0400. The number of hydrogen-bond donors (Lipinski definition) is 1. The average molecular weight is 568 g/mol. The van der Waals surface area contributed by atoms with Crippen LogP contribution >= 0.6 is 24.0 Å². The Morgan fingerprint density at radius 1 is 0.769 bits per heavy atom. The highest BCUT2D eigenvalue weighted by Crippen LogP contribution is 2.37. The maximum Gasteiger partial charge on any atom is 0.261 e. The Balaban J connectivity index is 1.54. The van der Waals surface area contributed by atoms with E-state index in [1.165, 1.54) is 15.3 Å². The molecule has 0 aromatic heterocycles. The van der Waals surface area contributed by atoms with Gasteiger partial charge in [-0.2, -0.15) is 0 Å². The summed E-state index contributed by atoms with van der Waals surface area (Å²) in [5.41, 5.74) is 2.12. The first kappa shape index (κ1) is 29.0. The van der Waals surface area contributed by atoms with Crippen LogP contribution in [0.4, 0.5) is 5.69 Å². The summed E-state index contributed by atoms with van der Waals surface area (Å²) in [6.07, 6.45) is 1.71. The van der Waals surface area contributed by atoms with E-state index in [0.717, 1.165) is 29.1 Å². The van der Waals surface area contributed by atoms with E-state index in [9.17, 15) is 0 Å². The molecule has 0 bridgehead atoms. The number of thiocarbonyl (C=S) groups is 1. The molecule has 2 nitrogen and oxygen atoms in total. The predicted molar refractivity (Wildman–Crippen MR) is 176 cm³/mol. The summed E-state index contributed by atoms with van der Waals surface area (Å²) in [5.74, 6) is 0. The molecule has 39 heavy (non-hydrogen) atoms. The van der Waals surface area contributed by atoms with Gasteiger partial charge in [0.2, 0.25) is 0 Å². The molecule has 0 aliphatic heterocycles. The summed E-state index contributed by atoms with van der Waals surface area (Å²) < 4.78 is 7.12. The zero-order valence-corrected chi connectivity index (χ0v) is 25.6. The highest BCUT2D eigenvalue weighted by atomic mass is 32.2. The Morgan fingerprint density at radius 3 is 1.77 bits per heavy atom. The van der Waals surface area contributed by atoms with Crippen LogP contribution in [0.2, 0.25) is 5.04 Å². The number of nitrogens with one attached hydrogen (secondary N) is 1. The fraction of sp³-hybridized carbons (Fsp3) is 0.206. The summed E-state index contributed by atoms with van der Waals surface area (Å²) in [7, 11) is -2.55. The highest BCUT2D eigenvalue weighted by Gasteiger charge is 2.49. The van der Waals surface area contributed by atoms with Crippen molar-refractivity contribution in [3.05, 3.63) is 132 Å². The molecular formula is C34H37NOS2Si. The lowest BCUT2D eigenvalue weighted by atomic mass is 10.1. The van der Waals surface area contributed by atoms with Crippen molar-refractivity contribution in [2.24, 2.45) is 0 Å². The topological polar surface area (TPSA) is 21.3 Å². The lowest BCUT2D eigenvalue weighted by molar-refractivity contribution is 0.292. The molecule has 0 radical (unpaired) electrons. The summed E-state index contributed by atoms with van der Waals surface area (Å²) in [6.45, 7) is 7.62. The monoisotopic (exact) mass is 567 g/mol. The van der Waals surface area contributed by atoms with E-state index in [1.807, 2.05) is 36.4 Å². The fourth-order valence-corrected chi connectivity index (χ4v) is 10.6. The minimum atomic E-state index is -2.55. The van der Waals surface area contributed by atoms with Crippen LogP contribution in [0.25, 0.3) is 0 Å². The van der Waals surface area contributed by atoms with Gasteiger partial charge in [0.25, 0.3) is 8.32 Å². The molecule has 0 saturated heterocycles. The lowest BCUT2D eigenvalue weighted by Crippen LogP contribution is -2.66. The quantitative estimate of drug-likeness (QED) is 0.0645. The van der Waals surface area contributed by atoms with Gasteiger partial charge in [0.15, 0.2) is 0 Å². The van der Waals surface area contributed by atoms with Crippen LogP contribution < -0.4 is 15.7 Å². The van der Waals surface area contributed by atoms with Crippen molar-refractivity contribution in [2.45, 2.75) is 43.5 Å². The smallest absolute Gasteiger partial charge is 0.261 e. The first-order valence-electron chi connectivity index (χ1n) is 13.4. The molecule has 4 aromatic rings. The molecule has 0 spiro atoms. The number of rotatable bonds is 11. The maximum atomic E-state index is 7.12. The number of anilines is 1. The van der Waals surface area contributed by atoms with Gasteiger partial charge in [0.1, 0.15) is 4.99 Å². The van der Waals surface area contributed by atoms with Gasteiger partial charge in [-0.1, -0.05) is 142 Å². The molecular weight excluding hydrogens is 531 g/mol. The maximum absolute atomic E-state index is 7.12. The Labute approximate surface area is 244 Å². The third-order valence-corrected chi connectivity index (χ3v) is 13.1. The SMILES string of the molecule is CC(C)(C)[Si](OCCC/C(=C\Sc1ccccc1)C(=S)Nc1ccccc1)(c1ccccc1)c1ccccc1. The number of para-hydroxylation sites is 1. The second kappa shape index (κ2) is 13.9. The zero-order chi connectivity index (χ0) is 27.6. The van der Waals surface area contributed by atoms with Crippen LogP contribution in [0.3, 0.4) is 0 Å². The van der Waals surface area contributed by atoms with Crippen LogP contribution in [0.1, 0.15) is 33.6 Å². The molecule has 0 aliphatic rings. The standard InChI is InChI=1S/C34H37NOS2Si/c1-34(2,3)39(31-22-12-6-13-23-31,32-24-14-7-15-25-32)36-26-16-17-28(27-38-30-20-10-5-11-21-30)33(37)35-29-18-8-4-9-19-29/h4-15,18-25,27H,16-17,26H2,1-3H3,(H,35,37)/b28-27+. The van der Waals surface area contributed by atoms with Crippen LogP contribution in [0.15, 0.2) is 137 Å². The zero-order valence-electron chi connectivity index (χ0n) is 23.0. The van der Waals surface area contributed by atoms with E-state index in [0.29, 0.717) is 6.61 Å². The Bertz CT molecular complexity index is 1300. The molecule has 4 aromatic carbocycles. The molecule has 0 amide bonds. The minimum Gasteiger partial charge on any atom is -0.407 e. The average Bonchev–Trinajstić information content (AvgIpc) is 2.96. The molecule has 5 heteroatoms. The largest absolute Gasteiger partial charge is 0.407 e. The van der Waals surface area contributed by atoms with E-state index in [1.54, 1.807) is 11.8 Å². The van der Waals surface area contributed by atoms with Crippen LogP contribution in [0, 0.1) is 0 Å². The highest BCUT2D eigenvalue weighted by molar-refractivity contribution is 8.02. The van der Waals surface area contributed by atoms with Crippen LogP contribution in [-0.4, -0.2) is 19.9 Å². The van der Waals surface area contributed by atoms with E-state index in [4.69, 9.17) is 16.6 Å². The van der Waals surface area contributed by atoms with Gasteiger partial charge in [0.05, 0.1) is 0 Å². The van der Waals surface area contributed by atoms with Gasteiger partial charge in [0, 0.05) is 17.2 Å². The van der Waals surface area contributed by atoms with E-state index in [-0.39, 0.29) is 5.04 Å². The Hall–Kier alpha value is -2.96. The Kier molecular flexibility index (Phi) is 10.3.